The molecular formula is C19H22N2O4. The second-order valence-electron chi connectivity index (χ2n) is 5.86. The number of methoxy groups -OCH3 is 2. The summed E-state index contributed by atoms with van der Waals surface area (Å²) in [6.07, 6.45) is 5.18. The van der Waals surface area contributed by atoms with E-state index >= 15 is 0 Å². The van der Waals surface area contributed by atoms with E-state index in [1.807, 2.05) is 17.0 Å². The average Bonchev–Trinajstić information content (AvgIpc) is 2.67. The second kappa shape index (κ2) is 7.88. The van der Waals surface area contributed by atoms with Crippen LogP contribution in [-0.4, -0.2) is 49.2 Å². The van der Waals surface area contributed by atoms with Gasteiger partial charge in [0.05, 0.1) is 26.3 Å². The number of aromatic nitrogens is 1. The number of carbonyl (C=O) groups is 1. The van der Waals surface area contributed by atoms with Gasteiger partial charge in [-0.3, -0.25) is 9.78 Å². The molecule has 0 radical (unpaired) electrons. The Bertz CT molecular complexity index is 721. The van der Waals surface area contributed by atoms with Gasteiger partial charge in [-0.1, -0.05) is 6.07 Å². The highest BCUT2D eigenvalue weighted by Crippen LogP contribution is 2.32. The lowest BCUT2D eigenvalue weighted by molar-refractivity contribution is 0.0534. The Balaban J connectivity index is 1.74. The van der Waals surface area contributed by atoms with E-state index in [1.54, 1.807) is 44.8 Å². The van der Waals surface area contributed by atoms with Crippen molar-refractivity contribution in [1.29, 1.82) is 0 Å². The fourth-order valence-corrected chi connectivity index (χ4v) is 3.05. The molecule has 1 amide bonds. The van der Waals surface area contributed by atoms with E-state index in [0.717, 1.165) is 18.6 Å². The molecule has 0 N–H and O–H groups in total. The molecule has 0 aliphatic carbocycles. The van der Waals surface area contributed by atoms with Crippen molar-refractivity contribution >= 4 is 5.91 Å². The number of ether oxygens (including phenoxy) is 3. The van der Waals surface area contributed by atoms with Crippen molar-refractivity contribution in [2.75, 3.05) is 27.3 Å². The quantitative estimate of drug-likeness (QED) is 0.836. The summed E-state index contributed by atoms with van der Waals surface area (Å²) in [6.45, 7) is 1.25. The van der Waals surface area contributed by atoms with Crippen LogP contribution < -0.4 is 14.2 Å². The van der Waals surface area contributed by atoms with Gasteiger partial charge in [0, 0.05) is 18.9 Å². The first-order chi connectivity index (χ1) is 12.2. The Labute approximate surface area is 147 Å². The predicted molar refractivity (Wildman–Crippen MR) is 93.3 cm³/mol. The van der Waals surface area contributed by atoms with Gasteiger partial charge in [-0.05, 0) is 37.1 Å². The maximum Gasteiger partial charge on any atom is 0.257 e. The van der Waals surface area contributed by atoms with Gasteiger partial charge >= 0.3 is 0 Å². The zero-order valence-electron chi connectivity index (χ0n) is 14.5. The topological polar surface area (TPSA) is 60.9 Å². The zero-order valence-corrected chi connectivity index (χ0v) is 14.5. The molecule has 1 aromatic heterocycles. The predicted octanol–water partition coefficient (Wildman–Crippen LogP) is 2.78. The van der Waals surface area contributed by atoms with Crippen LogP contribution in [-0.2, 0) is 0 Å². The van der Waals surface area contributed by atoms with Gasteiger partial charge in [-0.15, -0.1) is 0 Å². The van der Waals surface area contributed by atoms with Crippen molar-refractivity contribution in [2.24, 2.45) is 0 Å². The summed E-state index contributed by atoms with van der Waals surface area (Å²) < 4.78 is 16.7. The van der Waals surface area contributed by atoms with Gasteiger partial charge in [0.2, 0.25) is 0 Å². The van der Waals surface area contributed by atoms with E-state index in [-0.39, 0.29) is 12.0 Å². The first kappa shape index (κ1) is 17.1. The first-order valence-corrected chi connectivity index (χ1v) is 8.30. The standard InChI is InChI=1S/C19H22N2O4/c1-23-17-7-3-6-16(18(17)24-2)19(22)21-12-4-5-15(13-21)25-14-8-10-20-11-9-14/h3,6-11,15H,4-5,12-13H2,1-2H3/t15-/m0/s1. The van der Waals surface area contributed by atoms with Crippen molar-refractivity contribution in [2.45, 2.75) is 18.9 Å². The maximum absolute atomic E-state index is 13.0. The molecule has 0 bridgehead atoms. The highest BCUT2D eigenvalue weighted by atomic mass is 16.5. The zero-order chi connectivity index (χ0) is 17.6. The van der Waals surface area contributed by atoms with E-state index in [1.165, 1.54) is 0 Å². The van der Waals surface area contributed by atoms with Gasteiger partial charge in [0.1, 0.15) is 11.9 Å². The summed E-state index contributed by atoms with van der Waals surface area (Å²) in [5, 5.41) is 0. The van der Waals surface area contributed by atoms with Crippen LogP contribution in [0.15, 0.2) is 42.7 Å². The average molecular weight is 342 g/mol. The maximum atomic E-state index is 13.0. The number of para-hydroxylation sites is 1. The van der Waals surface area contributed by atoms with E-state index < -0.39 is 0 Å². The third-order valence-corrected chi connectivity index (χ3v) is 4.25. The second-order valence-corrected chi connectivity index (χ2v) is 5.86. The number of pyridine rings is 1. The summed E-state index contributed by atoms with van der Waals surface area (Å²) in [5.74, 6) is 1.72. The number of piperidine rings is 1. The van der Waals surface area contributed by atoms with Gasteiger partial charge in [-0.25, -0.2) is 0 Å². The molecule has 1 atom stereocenters. The van der Waals surface area contributed by atoms with Gasteiger partial charge in [-0.2, -0.15) is 0 Å². The molecule has 132 valence electrons. The fraction of sp³-hybridized carbons (Fsp3) is 0.368. The Hall–Kier alpha value is -2.76. The van der Waals surface area contributed by atoms with Crippen molar-refractivity contribution in [1.82, 2.24) is 9.88 Å². The number of benzene rings is 1. The number of likely N-dealkylation sites (tertiary alicyclic amines) is 1. The molecule has 0 spiro atoms. The molecular weight excluding hydrogens is 320 g/mol. The molecule has 0 unspecified atom stereocenters. The van der Waals surface area contributed by atoms with Crippen LogP contribution in [0.4, 0.5) is 0 Å². The minimum atomic E-state index is -0.0706. The Morgan fingerprint density at radius 2 is 1.96 bits per heavy atom. The minimum absolute atomic E-state index is 0.0308. The van der Waals surface area contributed by atoms with E-state index in [2.05, 4.69) is 4.98 Å². The molecule has 2 heterocycles. The molecule has 6 heteroatoms. The number of amides is 1. The van der Waals surface area contributed by atoms with Gasteiger partial charge < -0.3 is 19.1 Å². The van der Waals surface area contributed by atoms with Crippen molar-refractivity contribution in [3.63, 3.8) is 0 Å². The molecule has 1 fully saturated rings. The Kier molecular flexibility index (Phi) is 5.38. The van der Waals surface area contributed by atoms with Crippen molar-refractivity contribution in [3.8, 4) is 17.2 Å². The lowest BCUT2D eigenvalue weighted by Crippen LogP contribution is -2.44. The van der Waals surface area contributed by atoms with E-state index in [0.29, 0.717) is 30.2 Å². The van der Waals surface area contributed by atoms with Crippen LogP contribution >= 0.6 is 0 Å². The third-order valence-electron chi connectivity index (χ3n) is 4.25. The summed E-state index contributed by atoms with van der Waals surface area (Å²) in [7, 11) is 3.10. The third kappa shape index (κ3) is 3.84. The molecule has 1 aliphatic rings. The highest BCUT2D eigenvalue weighted by Gasteiger charge is 2.28. The van der Waals surface area contributed by atoms with E-state index in [4.69, 9.17) is 14.2 Å². The summed E-state index contributed by atoms with van der Waals surface area (Å²) >= 11 is 0. The Morgan fingerprint density at radius 3 is 2.68 bits per heavy atom. The van der Waals surface area contributed by atoms with Gasteiger partial charge in [0.15, 0.2) is 11.5 Å². The largest absolute Gasteiger partial charge is 0.493 e. The number of nitrogens with zero attached hydrogens (tertiary/aromatic N) is 2. The van der Waals surface area contributed by atoms with Crippen LogP contribution in [0.2, 0.25) is 0 Å². The number of carbonyl (C=O) groups excluding carboxylic acids is 1. The van der Waals surface area contributed by atoms with Crippen molar-refractivity contribution < 1.29 is 19.0 Å². The first-order valence-electron chi connectivity index (χ1n) is 8.30. The van der Waals surface area contributed by atoms with Crippen LogP contribution in [0.3, 0.4) is 0 Å². The smallest absolute Gasteiger partial charge is 0.257 e. The number of hydrogen-bond donors (Lipinski definition) is 0. The van der Waals surface area contributed by atoms with Crippen molar-refractivity contribution in [3.05, 3.63) is 48.3 Å². The molecule has 3 rings (SSSR count). The van der Waals surface area contributed by atoms with Crippen LogP contribution in [0.25, 0.3) is 0 Å². The number of rotatable bonds is 5. The molecule has 1 aliphatic heterocycles. The SMILES string of the molecule is COc1cccc(C(=O)N2CCC[C@H](Oc3ccncc3)C2)c1OC. The van der Waals surface area contributed by atoms with Crippen LogP contribution in [0, 0.1) is 0 Å². The molecule has 1 saturated heterocycles. The fourth-order valence-electron chi connectivity index (χ4n) is 3.05. The summed E-state index contributed by atoms with van der Waals surface area (Å²) in [6, 6.07) is 8.99. The molecule has 0 saturated carbocycles. The van der Waals surface area contributed by atoms with Crippen LogP contribution in [0.1, 0.15) is 23.2 Å². The lowest BCUT2D eigenvalue weighted by atomic mass is 10.1. The summed E-state index contributed by atoms with van der Waals surface area (Å²) in [4.78, 5) is 18.8. The monoisotopic (exact) mass is 342 g/mol. The molecule has 2 aromatic rings. The molecule has 6 nitrogen and oxygen atoms in total. The minimum Gasteiger partial charge on any atom is -0.493 e. The lowest BCUT2D eigenvalue weighted by Gasteiger charge is -2.33. The van der Waals surface area contributed by atoms with E-state index in [9.17, 15) is 4.79 Å². The molecule has 25 heavy (non-hydrogen) atoms. The Morgan fingerprint density at radius 1 is 1.16 bits per heavy atom. The van der Waals surface area contributed by atoms with Crippen LogP contribution in [0.5, 0.6) is 17.2 Å². The highest BCUT2D eigenvalue weighted by molar-refractivity contribution is 5.98. The van der Waals surface area contributed by atoms with Gasteiger partial charge in [0.25, 0.3) is 5.91 Å². The number of hydrogen-bond acceptors (Lipinski definition) is 5. The normalized spacial score (nSPS) is 17.0. The molecule has 1 aromatic carbocycles. The summed E-state index contributed by atoms with van der Waals surface area (Å²) in [5.41, 5.74) is 0.506.